The first-order valence-corrected chi connectivity index (χ1v) is 9.60. The van der Waals surface area contributed by atoms with Gasteiger partial charge in [-0.2, -0.15) is 0 Å². The molecule has 0 unspecified atom stereocenters. The van der Waals surface area contributed by atoms with Crippen molar-refractivity contribution in [3.8, 4) is 11.1 Å². The second-order valence-electron chi connectivity index (χ2n) is 6.92. The lowest BCUT2D eigenvalue weighted by Crippen LogP contribution is -2.27. The highest BCUT2D eigenvalue weighted by atomic mass is 79.9. The van der Waals surface area contributed by atoms with Crippen LogP contribution in [0.1, 0.15) is 23.7 Å². The van der Waals surface area contributed by atoms with Gasteiger partial charge in [0.2, 0.25) is 5.62 Å². The number of ketones is 1. The fourth-order valence-corrected chi connectivity index (χ4v) is 3.62. The lowest BCUT2D eigenvalue weighted by molar-refractivity contribution is 0.0971. The summed E-state index contributed by atoms with van der Waals surface area (Å²) in [4.78, 5) is 12.9. The Morgan fingerprint density at radius 2 is 1.34 bits per heavy atom. The minimum atomic E-state index is 0. The molecule has 0 aliphatic heterocycles. The monoisotopic (exact) mass is 449 g/mol. The number of nitrogens with one attached hydrogen (secondary N) is 1. The fourth-order valence-electron chi connectivity index (χ4n) is 3.62. The number of benzene rings is 3. The Hall–Kier alpha value is -2.92. The summed E-state index contributed by atoms with van der Waals surface area (Å²) >= 11 is 0. The lowest BCUT2D eigenvalue weighted by Gasteiger charge is -2.06. The average Bonchev–Trinajstić information content (AvgIpc) is 3.01. The van der Waals surface area contributed by atoms with Gasteiger partial charge in [-0.3, -0.25) is 10.2 Å². The molecular weight excluding hydrogens is 426 g/mol. The smallest absolute Gasteiger partial charge is 0.203 e. The van der Waals surface area contributed by atoms with Crippen LogP contribution >= 0.6 is 17.0 Å². The summed E-state index contributed by atoms with van der Waals surface area (Å²) in [7, 11) is 0. The van der Waals surface area contributed by atoms with Crippen molar-refractivity contribution in [3.63, 3.8) is 0 Å². The van der Waals surface area contributed by atoms with E-state index >= 15 is 0 Å². The molecule has 0 radical (unpaired) electrons. The molecule has 4 aromatic rings. The van der Waals surface area contributed by atoms with Gasteiger partial charge in [0.25, 0.3) is 0 Å². The number of aryl methyl sites for hydroxylation is 1. The van der Waals surface area contributed by atoms with Crippen LogP contribution in [-0.2, 0) is 13.1 Å². The van der Waals surface area contributed by atoms with E-state index in [1.807, 2.05) is 71.3 Å². The van der Waals surface area contributed by atoms with Crippen LogP contribution in [-0.4, -0.2) is 14.9 Å². The molecule has 1 aromatic heterocycles. The number of nitrogens with zero attached hydrogens (tertiary/aromatic N) is 2. The Morgan fingerprint density at radius 1 is 0.793 bits per heavy atom. The Morgan fingerprint density at radius 3 is 1.97 bits per heavy atom. The number of imidazole rings is 1. The van der Waals surface area contributed by atoms with E-state index in [0.29, 0.717) is 11.2 Å². The first-order chi connectivity index (χ1) is 13.7. The van der Waals surface area contributed by atoms with Gasteiger partial charge in [-0.05, 0) is 29.7 Å². The third kappa shape index (κ3) is 4.10. The number of Topliss-reactive ketones (excluding diaryl/α,β-unsaturated/α-hetero) is 1. The molecule has 0 aliphatic carbocycles. The van der Waals surface area contributed by atoms with Crippen LogP contribution < -0.4 is 5.62 Å². The van der Waals surface area contributed by atoms with Crippen molar-refractivity contribution in [3.05, 3.63) is 90.0 Å². The second kappa shape index (κ2) is 9.05. The molecule has 1 heterocycles. The molecule has 5 heteroatoms. The van der Waals surface area contributed by atoms with E-state index in [1.54, 1.807) is 4.57 Å². The molecule has 0 bridgehead atoms. The number of fused-ring (bicyclic) bond motifs is 1. The molecule has 3 aromatic carbocycles. The van der Waals surface area contributed by atoms with Crippen LogP contribution in [0.4, 0.5) is 0 Å². The molecule has 0 amide bonds. The van der Waals surface area contributed by atoms with E-state index in [1.165, 1.54) is 0 Å². The SMILES string of the molecule is Br.CCCn1c(=N)n(CC(=O)c2ccc(-c3ccccc3)cc2)c2ccccc21. The van der Waals surface area contributed by atoms with E-state index < -0.39 is 0 Å². The predicted molar refractivity (Wildman–Crippen MR) is 123 cm³/mol. The van der Waals surface area contributed by atoms with E-state index in [4.69, 9.17) is 5.41 Å². The average molecular weight is 450 g/mol. The van der Waals surface area contributed by atoms with Gasteiger partial charge in [0.1, 0.15) is 0 Å². The Labute approximate surface area is 180 Å². The third-order valence-corrected chi connectivity index (χ3v) is 5.04. The Bertz CT molecular complexity index is 1170. The van der Waals surface area contributed by atoms with Gasteiger partial charge >= 0.3 is 0 Å². The Balaban J connectivity index is 0.00000240. The molecule has 0 fully saturated rings. The molecule has 148 valence electrons. The summed E-state index contributed by atoms with van der Waals surface area (Å²) < 4.78 is 3.78. The highest BCUT2D eigenvalue weighted by Crippen LogP contribution is 2.20. The predicted octanol–water partition coefficient (Wildman–Crippen LogP) is 5.46. The molecule has 0 saturated carbocycles. The molecule has 1 N–H and O–H groups in total. The van der Waals surface area contributed by atoms with E-state index in [9.17, 15) is 4.79 Å². The number of hydrogen-bond donors (Lipinski definition) is 1. The van der Waals surface area contributed by atoms with E-state index in [-0.39, 0.29) is 29.3 Å². The number of carbonyl (C=O) groups excluding carboxylic acids is 1. The summed E-state index contributed by atoms with van der Waals surface area (Å²) in [6.07, 6.45) is 0.944. The van der Waals surface area contributed by atoms with Crippen molar-refractivity contribution >= 4 is 33.8 Å². The van der Waals surface area contributed by atoms with Crippen LogP contribution in [0.25, 0.3) is 22.2 Å². The number of halogens is 1. The Kier molecular flexibility index (Phi) is 6.49. The first-order valence-electron chi connectivity index (χ1n) is 9.60. The van der Waals surface area contributed by atoms with Gasteiger partial charge in [0, 0.05) is 12.1 Å². The van der Waals surface area contributed by atoms with Gasteiger partial charge in [-0.15, -0.1) is 17.0 Å². The summed E-state index contributed by atoms with van der Waals surface area (Å²) in [5.74, 6) is 0.0116. The number of para-hydroxylation sites is 2. The van der Waals surface area contributed by atoms with Crippen LogP contribution in [0.3, 0.4) is 0 Å². The van der Waals surface area contributed by atoms with Crippen molar-refractivity contribution in [1.82, 2.24) is 9.13 Å². The second-order valence-corrected chi connectivity index (χ2v) is 6.92. The van der Waals surface area contributed by atoms with Gasteiger partial charge in [0.15, 0.2) is 5.78 Å². The summed E-state index contributed by atoms with van der Waals surface area (Å²) in [5.41, 5.74) is 5.19. The summed E-state index contributed by atoms with van der Waals surface area (Å²) in [6.45, 7) is 3.03. The molecule has 0 spiro atoms. The van der Waals surface area contributed by atoms with Gasteiger partial charge in [0.05, 0.1) is 17.6 Å². The maximum Gasteiger partial charge on any atom is 0.203 e. The minimum Gasteiger partial charge on any atom is -0.310 e. The number of carbonyl (C=O) groups is 1. The minimum absolute atomic E-state index is 0. The molecule has 0 saturated heterocycles. The number of aromatic nitrogens is 2. The van der Waals surface area contributed by atoms with Crippen molar-refractivity contribution in [1.29, 1.82) is 5.41 Å². The van der Waals surface area contributed by atoms with Crippen molar-refractivity contribution in [2.45, 2.75) is 26.4 Å². The summed E-state index contributed by atoms with van der Waals surface area (Å²) in [6, 6.07) is 25.7. The fraction of sp³-hybridized carbons (Fsp3) is 0.167. The van der Waals surface area contributed by atoms with Crippen LogP contribution in [0.2, 0.25) is 0 Å². The zero-order valence-corrected chi connectivity index (χ0v) is 18.1. The normalized spacial score (nSPS) is 10.7. The van der Waals surface area contributed by atoms with Crippen molar-refractivity contribution < 1.29 is 4.79 Å². The molecular formula is C24H24BrN3O. The van der Waals surface area contributed by atoms with Gasteiger partial charge in [-0.1, -0.05) is 73.7 Å². The summed E-state index contributed by atoms with van der Waals surface area (Å²) in [5, 5.41) is 8.55. The maximum absolute atomic E-state index is 12.9. The maximum atomic E-state index is 12.9. The van der Waals surface area contributed by atoms with Crippen LogP contribution in [0.5, 0.6) is 0 Å². The molecule has 0 aliphatic rings. The third-order valence-electron chi connectivity index (χ3n) is 5.04. The number of hydrogen-bond acceptors (Lipinski definition) is 2. The van der Waals surface area contributed by atoms with Gasteiger partial charge in [-0.25, -0.2) is 0 Å². The first kappa shape index (κ1) is 20.8. The lowest BCUT2D eigenvalue weighted by atomic mass is 10.0. The topological polar surface area (TPSA) is 50.8 Å². The highest BCUT2D eigenvalue weighted by Gasteiger charge is 2.14. The van der Waals surface area contributed by atoms with Crippen molar-refractivity contribution in [2.24, 2.45) is 0 Å². The van der Waals surface area contributed by atoms with Crippen molar-refractivity contribution in [2.75, 3.05) is 0 Å². The van der Waals surface area contributed by atoms with Gasteiger partial charge < -0.3 is 9.13 Å². The largest absolute Gasteiger partial charge is 0.310 e. The van der Waals surface area contributed by atoms with Crippen LogP contribution in [0.15, 0.2) is 78.9 Å². The van der Waals surface area contributed by atoms with E-state index in [2.05, 4.69) is 19.1 Å². The highest BCUT2D eigenvalue weighted by molar-refractivity contribution is 8.93. The zero-order valence-electron chi connectivity index (χ0n) is 16.3. The molecule has 4 rings (SSSR count). The molecule has 0 atom stereocenters. The number of rotatable bonds is 6. The van der Waals surface area contributed by atoms with E-state index in [0.717, 1.165) is 35.1 Å². The zero-order chi connectivity index (χ0) is 19.5. The standard InChI is InChI=1S/C24H23N3O.BrH/c1-2-16-26-21-10-6-7-11-22(21)27(24(26)25)17-23(28)20-14-12-19(13-15-20)18-8-4-3-5-9-18;/h3-15,25H,2,16-17H2,1H3;1H. The quantitative estimate of drug-likeness (QED) is 0.390. The molecule has 4 nitrogen and oxygen atoms in total. The molecule has 29 heavy (non-hydrogen) atoms. The van der Waals surface area contributed by atoms with Crippen LogP contribution in [0, 0.1) is 5.41 Å².